The molecule has 1 unspecified atom stereocenters. The van der Waals surface area contributed by atoms with Crippen LogP contribution in [0.15, 0.2) is 29.3 Å². The van der Waals surface area contributed by atoms with Crippen LogP contribution in [0.4, 0.5) is 0 Å². The van der Waals surface area contributed by atoms with Crippen LogP contribution >= 0.6 is 11.6 Å². The fourth-order valence-electron chi connectivity index (χ4n) is 1.94. The summed E-state index contributed by atoms with van der Waals surface area (Å²) in [5.74, 6) is 1.06. The third kappa shape index (κ3) is 8.60. The fourth-order valence-corrected chi connectivity index (χ4v) is 2.12. The second-order valence-corrected chi connectivity index (χ2v) is 5.64. The average Bonchev–Trinajstić information content (AvgIpc) is 2.62. The van der Waals surface area contributed by atoms with Crippen LogP contribution in [-0.4, -0.2) is 58.4 Å². The lowest BCUT2D eigenvalue weighted by Crippen LogP contribution is -2.46. The van der Waals surface area contributed by atoms with Crippen molar-refractivity contribution in [3.05, 3.63) is 29.3 Å². The molecule has 1 atom stereocenters. The number of nitrogens with one attached hydrogen (secondary N) is 3. The van der Waals surface area contributed by atoms with E-state index in [0.717, 1.165) is 6.42 Å². The molecule has 0 aromatic heterocycles. The van der Waals surface area contributed by atoms with Gasteiger partial charge in [0, 0.05) is 20.7 Å². The molecule has 0 bridgehead atoms. The maximum Gasteiger partial charge on any atom is 0.239 e. The van der Waals surface area contributed by atoms with Crippen LogP contribution in [0.2, 0.25) is 5.02 Å². The molecule has 0 spiro atoms. The summed E-state index contributed by atoms with van der Waals surface area (Å²) in [4.78, 5) is 15.8. The van der Waals surface area contributed by atoms with Crippen molar-refractivity contribution in [1.82, 2.24) is 16.0 Å². The summed E-state index contributed by atoms with van der Waals surface area (Å²) in [5, 5.41) is 9.41. The molecule has 0 aliphatic carbocycles. The van der Waals surface area contributed by atoms with Gasteiger partial charge in [0.25, 0.3) is 0 Å². The van der Waals surface area contributed by atoms with Gasteiger partial charge < -0.3 is 25.4 Å². The van der Waals surface area contributed by atoms with Gasteiger partial charge in [-0.1, -0.05) is 30.7 Å². The summed E-state index contributed by atoms with van der Waals surface area (Å²) in [6, 6.07) is 7.37. The van der Waals surface area contributed by atoms with Gasteiger partial charge in [-0.25, -0.2) is 0 Å². The molecule has 0 saturated heterocycles. The third-order valence-electron chi connectivity index (χ3n) is 3.35. The summed E-state index contributed by atoms with van der Waals surface area (Å²) in [7, 11) is 3.24. The Bertz CT molecular complexity index is 554. The largest absolute Gasteiger partial charge is 0.487 e. The standard InChI is InChI=1S/C17H27ClN4O3/c1-4-13(25-15-8-6-5-7-14(15)18)11-21-17(19-2)22-12-16(23)20-9-10-24-3/h5-8,13H,4,9-12H2,1-3H3,(H,20,23)(H2,19,21,22). The molecular weight excluding hydrogens is 344 g/mol. The smallest absolute Gasteiger partial charge is 0.239 e. The maximum absolute atomic E-state index is 11.7. The molecule has 0 aliphatic heterocycles. The number of halogens is 1. The van der Waals surface area contributed by atoms with Gasteiger partial charge in [-0.2, -0.15) is 0 Å². The minimum atomic E-state index is -0.126. The molecule has 1 amide bonds. The van der Waals surface area contributed by atoms with Crippen molar-refractivity contribution in [1.29, 1.82) is 0 Å². The maximum atomic E-state index is 11.7. The van der Waals surface area contributed by atoms with Gasteiger partial charge in [0.05, 0.1) is 24.7 Å². The van der Waals surface area contributed by atoms with E-state index < -0.39 is 0 Å². The number of amides is 1. The number of carbonyl (C=O) groups excluding carboxylic acids is 1. The molecule has 25 heavy (non-hydrogen) atoms. The number of ether oxygens (including phenoxy) is 2. The van der Waals surface area contributed by atoms with Crippen LogP contribution < -0.4 is 20.7 Å². The normalized spacial score (nSPS) is 12.4. The van der Waals surface area contributed by atoms with Crippen LogP contribution in [0.1, 0.15) is 13.3 Å². The van der Waals surface area contributed by atoms with Gasteiger partial charge in [-0.15, -0.1) is 0 Å². The van der Waals surface area contributed by atoms with Gasteiger partial charge in [-0.05, 0) is 18.6 Å². The number of hydrogen-bond donors (Lipinski definition) is 3. The molecular formula is C17H27ClN4O3. The topological polar surface area (TPSA) is 84.0 Å². The molecule has 8 heteroatoms. The summed E-state index contributed by atoms with van der Waals surface area (Å²) >= 11 is 6.12. The number of nitrogens with zero attached hydrogens (tertiary/aromatic N) is 1. The Kier molecular flexibility index (Phi) is 10.4. The highest BCUT2D eigenvalue weighted by Crippen LogP contribution is 2.24. The molecule has 3 N–H and O–H groups in total. The lowest BCUT2D eigenvalue weighted by molar-refractivity contribution is -0.120. The van der Waals surface area contributed by atoms with Crippen LogP contribution in [0, 0.1) is 0 Å². The average molecular weight is 371 g/mol. The van der Waals surface area contributed by atoms with Gasteiger partial charge in [-0.3, -0.25) is 9.79 Å². The summed E-state index contributed by atoms with van der Waals surface area (Å²) < 4.78 is 10.8. The molecule has 0 saturated carbocycles. The van der Waals surface area contributed by atoms with E-state index in [4.69, 9.17) is 21.1 Å². The summed E-state index contributed by atoms with van der Waals surface area (Å²) in [5.41, 5.74) is 0. The van der Waals surface area contributed by atoms with E-state index in [1.54, 1.807) is 20.2 Å². The van der Waals surface area contributed by atoms with E-state index in [-0.39, 0.29) is 18.6 Å². The molecule has 1 aromatic carbocycles. The number of aliphatic imine (C=N–C) groups is 1. The first-order valence-electron chi connectivity index (χ1n) is 8.22. The molecule has 7 nitrogen and oxygen atoms in total. The quantitative estimate of drug-likeness (QED) is 0.329. The SMILES string of the molecule is CCC(CNC(=NC)NCC(=O)NCCOC)Oc1ccccc1Cl. The lowest BCUT2D eigenvalue weighted by Gasteiger charge is -2.20. The fraction of sp³-hybridized carbons (Fsp3) is 0.529. The van der Waals surface area contributed by atoms with Crippen molar-refractivity contribution in [3.8, 4) is 5.75 Å². The Morgan fingerprint density at radius 2 is 2.04 bits per heavy atom. The molecule has 1 rings (SSSR count). The number of benzene rings is 1. The Morgan fingerprint density at radius 3 is 2.68 bits per heavy atom. The molecule has 0 radical (unpaired) electrons. The lowest BCUT2D eigenvalue weighted by atomic mass is 10.2. The molecule has 140 valence electrons. The van der Waals surface area contributed by atoms with Crippen molar-refractivity contribution in [2.75, 3.05) is 40.4 Å². The van der Waals surface area contributed by atoms with Crippen LogP contribution in [0.5, 0.6) is 5.75 Å². The molecule has 0 aliphatic rings. The Hall–Kier alpha value is -1.99. The zero-order valence-corrected chi connectivity index (χ0v) is 15.7. The van der Waals surface area contributed by atoms with Crippen LogP contribution in [0.3, 0.4) is 0 Å². The van der Waals surface area contributed by atoms with E-state index in [1.807, 2.05) is 25.1 Å². The predicted octanol–water partition coefficient (Wildman–Crippen LogP) is 1.43. The Morgan fingerprint density at radius 1 is 1.28 bits per heavy atom. The minimum Gasteiger partial charge on any atom is -0.487 e. The van der Waals surface area contributed by atoms with E-state index in [2.05, 4.69) is 20.9 Å². The first-order chi connectivity index (χ1) is 12.1. The summed E-state index contributed by atoms with van der Waals surface area (Å²) in [6.07, 6.45) is 0.723. The zero-order valence-electron chi connectivity index (χ0n) is 15.0. The highest BCUT2D eigenvalue weighted by molar-refractivity contribution is 6.32. The first-order valence-corrected chi connectivity index (χ1v) is 8.59. The highest BCUT2D eigenvalue weighted by atomic mass is 35.5. The second-order valence-electron chi connectivity index (χ2n) is 5.23. The molecule has 0 heterocycles. The van der Waals surface area contributed by atoms with Crippen molar-refractivity contribution in [3.63, 3.8) is 0 Å². The Labute approximate surface area is 154 Å². The van der Waals surface area contributed by atoms with Gasteiger partial charge in [0.1, 0.15) is 11.9 Å². The predicted molar refractivity (Wildman–Crippen MR) is 100 cm³/mol. The van der Waals surface area contributed by atoms with E-state index in [0.29, 0.717) is 36.4 Å². The summed E-state index contributed by atoms with van der Waals surface area (Å²) in [6.45, 7) is 3.66. The number of rotatable bonds is 10. The van der Waals surface area contributed by atoms with Gasteiger partial charge in [0.2, 0.25) is 5.91 Å². The molecule has 1 aromatic rings. The van der Waals surface area contributed by atoms with Gasteiger partial charge >= 0.3 is 0 Å². The van der Waals surface area contributed by atoms with E-state index in [9.17, 15) is 4.79 Å². The second kappa shape index (κ2) is 12.4. The monoisotopic (exact) mass is 370 g/mol. The van der Waals surface area contributed by atoms with E-state index in [1.165, 1.54) is 0 Å². The van der Waals surface area contributed by atoms with Crippen LogP contribution in [0.25, 0.3) is 0 Å². The van der Waals surface area contributed by atoms with Crippen molar-refractivity contribution in [2.45, 2.75) is 19.4 Å². The highest BCUT2D eigenvalue weighted by Gasteiger charge is 2.11. The first kappa shape index (κ1) is 21.1. The number of methoxy groups -OCH3 is 1. The minimum absolute atomic E-state index is 0.0750. The van der Waals surface area contributed by atoms with Crippen molar-refractivity contribution < 1.29 is 14.3 Å². The zero-order chi connectivity index (χ0) is 18.5. The number of carbonyl (C=O) groups is 1. The third-order valence-corrected chi connectivity index (χ3v) is 3.66. The Balaban J connectivity index is 2.39. The van der Waals surface area contributed by atoms with Crippen LogP contribution in [-0.2, 0) is 9.53 Å². The number of guanidine groups is 1. The van der Waals surface area contributed by atoms with Crippen molar-refractivity contribution in [2.24, 2.45) is 4.99 Å². The van der Waals surface area contributed by atoms with Crippen molar-refractivity contribution >= 4 is 23.5 Å². The van der Waals surface area contributed by atoms with Gasteiger partial charge in [0.15, 0.2) is 5.96 Å². The molecule has 0 fully saturated rings. The number of para-hydroxylation sites is 1. The number of hydrogen-bond acceptors (Lipinski definition) is 4. The van der Waals surface area contributed by atoms with E-state index >= 15 is 0 Å².